The van der Waals surface area contributed by atoms with Crippen LogP contribution in [0.15, 0.2) is 73.1 Å². The molecule has 1 unspecified atom stereocenters. The minimum absolute atomic E-state index is 0.0508. The molecule has 1 atom stereocenters. The molecule has 0 spiro atoms. The van der Waals surface area contributed by atoms with Crippen LogP contribution in [-0.4, -0.2) is 34.4 Å². The zero-order valence-corrected chi connectivity index (χ0v) is 24.3. The molecule has 8 nitrogen and oxygen atoms in total. The largest absolute Gasteiger partial charge is 0.462 e. The summed E-state index contributed by atoms with van der Waals surface area (Å²) in [6.45, 7) is 6.18. The van der Waals surface area contributed by atoms with Crippen molar-refractivity contribution >= 4 is 17.8 Å². The first-order valence-electron chi connectivity index (χ1n) is 14.3. The first-order chi connectivity index (χ1) is 20.8. The quantitative estimate of drug-likeness (QED) is 0.236. The molecule has 0 saturated carbocycles. The lowest BCUT2D eigenvalue weighted by molar-refractivity contribution is 0.0525. The van der Waals surface area contributed by atoms with Gasteiger partial charge in [-0.2, -0.15) is 0 Å². The molecule has 0 radical (unpaired) electrons. The van der Waals surface area contributed by atoms with Crippen LogP contribution in [-0.2, 0) is 24.1 Å². The molecule has 5 rings (SSSR count). The lowest BCUT2D eigenvalue weighted by Gasteiger charge is -2.20. The third-order valence-electron chi connectivity index (χ3n) is 7.43. The Hall–Kier alpha value is -4.92. The van der Waals surface area contributed by atoms with Crippen molar-refractivity contribution in [3.8, 4) is 11.1 Å². The summed E-state index contributed by atoms with van der Waals surface area (Å²) in [6, 6.07) is 16.3. The van der Waals surface area contributed by atoms with Crippen LogP contribution in [0.4, 0.5) is 4.39 Å². The first kappa shape index (κ1) is 29.6. The van der Waals surface area contributed by atoms with Crippen molar-refractivity contribution in [2.24, 2.45) is 5.92 Å². The van der Waals surface area contributed by atoms with Crippen molar-refractivity contribution in [3.63, 3.8) is 0 Å². The lowest BCUT2D eigenvalue weighted by atomic mass is 9.88. The Morgan fingerprint density at radius 1 is 1.00 bits per heavy atom. The molecule has 0 saturated heterocycles. The minimum Gasteiger partial charge on any atom is -0.462 e. The molecule has 2 aromatic carbocycles. The topological polar surface area (TPSA) is 110 Å². The van der Waals surface area contributed by atoms with Crippen LogP contribution in [0.2, 0.25) is 0 Å². The van der Waals surface area contributed by atoms with E-state index in [4.69, 9.17) is 9.72 Å². The van der Waals surface area contributed by atoms with Crippen LogP contribution < -0.4 is 10.6 Å². The zero-order valence-electron chi connectivity index (χ0n) is 24.3. The van der Waals surface area contributed by atoms with Crippen molar-refractivity contribution in [1.29, 1.82) is 0 Å². The summed E-state index contributed by atoms with van der Waals surface area (Å²) < 4.78 is 19.0. The summed E-state index contributed by atoms with van der Waals surface area (Å²) in [4.78, 5) is 48.8. The molecule has 2 N–H and O–H groups in total. The van der Waals surface area contributed by atoms with Gasteiger partial charge in [-0.25, -0.2) is 9.18 Å². The maximum Gasteiger partial charge on any atom is 0.340 e. The second kappa shape index (κ2) is 12.9. The Labute approximate surface area is 249 Å². The van der Waals surface area contributed by atoms with Gasteiger partial charge in [0.15, 0.2) is 0 Å². The molecule has 0 fully saturated rings. The van der Waals surface area contributed by atoms with Gasteiger partial charge in [-0.1, -0.05) is 44.2 Å². The van der Waals surface area contributed by atoms with Crippen molar-refractivity contribution in [1.82, 2.24) is 20.6 Å². The number of nitrogens with one attached hydrogen (secondary N) is 2. The predicted molar refractivity (Wildman–Crippen MR) is 160 cm³/mol. The minimum atomic E-state index is -0.582. The van der Waals surface area contributed by atoms with Gasteiger partial charge in [-0.15, -0.1) is 0 Å². The second-order valence-corrected chi connectivity index (χ2v) is 10.7. The zero-order chi connectivity index (χ0) is 30.5. The maximum atomic E-state index is 13.5. The number of esters is 1. The third-order valence-corrected chi connectivity index (χ3v) is 7.43. The summed E-state index contributed by atoms with van der Waals surface area (Å²) in [5.74, 6) is -1.44. The standard InChI is InChI=1S/C34H33FN4O4/c1-4-43-34(42)28-26(16-9-21-7-14-25(35)15-8-21)38-31-29(33(41)39-30(31)20(2)3)27(28)23-10-12-24(13-11-23)32(40)37-19-22-6-5-17-36-18-22/h5-8,10-15,17-18,20,30H,4,9,16,19H2,1-3H3,(H,37,40)(H,39,41). The Balaban J connectivity index is 1.57. The molecule has 0 bridgehead atoms. The first-order valence-corrected chi connectivity index (χ1v) is 14.3. The molecule has 3 heterocycles. The highest BCUT2D eigenvalue weighted by Gasteiger charge is 2.38. The number of amides is 2. The highest BCUT2D eigenvalue weighted by Crippen LogP contribution is 2.40. The molecule has 2 aromatic heterocycles. The Morgan fingerprint density at radius 2 is 1.74 bits per heavy atom. The number of hydrogen-bond donors (Lipinski definition) is 2. The fourth-order valence-electron chi connectivity index (χ4n) is 5.26. The van der Waals surface area contributed by atoms with E-state index in [9.17, 15) is 18.8 Å². The number of carbonyl (C=O) groups is 3. The van der Waals surface area contributed by atoms with E-state index in [-0.39, 0.29) is 41.8 Å². The van der Waals surface area contributed by atoms with E-state index < -0.39 is 5.97 Å². The summed E-state index contributed by atoms with van der Waals surface area (Å²) >= 11 is 0. The number of aryl methyl sites for hydroxylation is 2. The van der Waals surface area contributed by atoms with Crippen LogP contribution >= 0.6 is 0 Å². The Bertz CT molecular complexity index is 1640. The fourth-order valence-corrected chi connectivity index (χ4v) is 5.26. The number of hydrogen-bond acceptors (Lipinski definition) is 6. The van der Waals surface area contributed by atoms with Gasteiger partial charge in [0.2, 0.25) is 0 Å². The number of rotatable bonds is 10. The molecule has 4 aromatic rings. The van der Waals surface area contributed by atoms with Crippen molar-refractivity contribution in [3.05, 3.63) is 118 Å². The smallest absolute Gasteiger partial charge is 0.340 e. The van der Waals surface area contributed by atoms with Crippen LogP contribution in [0.3, 0.4) is 0 Å². The van der Waals surface area contributed by atoms with E-state index in [2.05, 4.69) is 15.6 Å². The van der Waals surface area contributed by atoms with Gasteiger partial charge in [0.25, 0.3) is 11.8 Å². The number of benzene rings is 2. The van der Waals surface area contributed by atoms with E-state index in [1.807, 2.05) is 19.9 Å². The molecule has 0 aliphatic carbocycles. The molecule has 1 aliphatic heterocycles. The van der Waals surface area contributed by atoms with Crippen molar-refractivity contribution < 1.29 is 23.5 Å². The average molecular weight is 581 g/mol. The number of halogens is 1. The fraction of sp³-hybridized carbons (Fsp3) is 0.265. The van der Waals surface area contributed by atoms with Crippen LogP contribution in [0.1, 0.15) is 80.4 Å². The Morgan fingerprint density at radius 3 is 2.40 bits per heavy atom. The van der Waals surface area contributed by atoms with Gasteiger partial charge in [0.05, 0.1) is 35.2 Å². The van der Waals surface area contributed by atoms with Gasteiger partial charge in [0, 0.05) is 30.1 Å². The summed E-state index contributed by atoms with van der Waals surface area (Å²) in [6.07, 6.45) is 4.23. The summed E-state index contributed by atoms with van der Waals surface area (Å²) in [7, 11) is 0. The molecule has 1 aliphatic rings. The maximum absolute atomic E-state index is 13.5. The number of ether oxygens (including phenoxy) is 1. The van der Waals surface area contributed by atoms with Crippen molar-refractivity contribution in [2.75, 3.05) is 6.61 Å². The highest BCUT2D eigenvalue weighted by atomic mass is 19.1. The van der Waals surface area contributed by atoms with E-state index >= 15 is 0 Å². The van der Waals surface area contributed by atoms with Gasteiger partial charge in [0.1, 0.15) is 5.82 Å². The number of fused-ring (bicyclic) bond motifs is 1. The number of pyridine rings is 2. The van der Waals surface area contributed by atoms with E-state index in [1.54, 1.807) is 61.8 Å². The average Bonchev–Trinajstić information content (AvgIpc) is 3.35. The summed E-state index contributed by atoms with van der Waals surface area (Å²) in [5.41, 5.74) is 4.84. The Kier molecular flexibility index (Phi) is 8.90. The number of nitrogens with zero attached hydrogens (tertiary/aromatic N) is 2. The van der Waals surface area contributed by atoms with Crippen LogP contribution in [0.25, 0.3) is 11.1 Å². The molecule has 220 valence electrons. The van der Waals surface area contributed by atoms with Gasteiger partial charge < -0.3 is 15.4 Å². The third kappa shape index (κ3) is 6.45. The van der Waals surface area contributed by atoms with Crippen LogP contribution in [0, 0.1) is 11.7 Å². The monoisotopic (exact) mass is 580 g/mol. The number of aromatic nitrogens is 2. The second-order valence-electron chi connectivity index (χ2n) is 10.7. The highest BCUT2D eigenvalue weighted by molar-refractivity contribution is 6.11. The van der Waals surface area contributed by atoms with Crippen molar-refractivity contribution in [2.45, 2.75) is 46.2 Å². The van der Waals surface area contributed by atoms with Crippen LogP contribution in [0.5, 0.6) is 0 Å². The molecule has 2 amide bonds. The summed E-state index contributed by atoms with van der Waals surface area (Å²) in [5, 5.41) is 5.91. The molecule has 43 heavy (non-hydrogen) atoms. The SMILES string of the molecule is CCOC(=O)c1c(CCc2ccc(F)cc2)nc2c(c1-c1ccc(C(=O)NCc3cccnc3)cc1)C(=O)NC2C(C)C. The molecule has 9 heteroatoms. The molecular formula is C34H33FN4O4. The number of carbonyl (C=O) groups excluding carboxylic acids is 3. The normalized spacial score (nSPS) is 13.9. The van der Waals surface area contributed by atoms with E-state index in [0.717, 1.165) is 11.1 Å². The molecular weight excluding hydrogens is 547 g/mol. The van der Waals surface area contributed by atoms with E-state index in [1.165, 1.54) is 12.1 Å². The van der Waals surface area contributed by atoms with Gasteiger partial charge >= 0.3 is 5.97 Å². The lowest BCUT2D eigenvalue weighted by Crippen LogP contribution is -2.23. The van der Waals surface area contributed by atoms with E-state index in [0.29, 0.717) is 53.0 Å². The van der Waals surface area contributed by atoms with Gasteiger partial charge in [-0.3, -0.25) is 19.6 Å². The van der Waals surface area contributed by atoms with Gasteiger partial charge in [-0.05, 0) is 72.7 Å². The predicted octanol–water partition coefficient (Wildman–Crippen LogP) is 5.62.